The highest BCUT2D eigenvalue weighted by Gasteiger charge is 2.17. The Kier molecular flexibility index (Phi) is 5.58. The summed E-state index contributed by atoms with van der Waals surface area (Å²) in [7, 11) is 1.78. The second-order valence-corrected chi connectivity index (χ2v) is 6.50. The molecule has 3 heteroatoms. The van der Waals surface area contributed by atoms with Gasteiger partial charge >= 0.3 is 0 Å². The van der Waals surface area contributed by atoms with E-state index in [1.807, 2.05) is 11.3 Å². The van der Waals surface area contributed by atoms with E-state index in [0.29, 0.717) is 12.1 Å². The summed E-state index contributed by atoms with van der Waals surface area (Å²) in [5.41, 5.74) is 1.42. The smallest absolute Gasteiger partial charge is 0.0616 e. The fourth-order valence-electron chi connectivity index (χ4n) is 2.80. The number of hydrogen-bond acceptors (Lipinski definition) is 3. The molecule has 0 aliphatic rings. The first-order valence-corrected chi connectivity index (χ1v) is 8.22. The maximum atomic E-state index is 5.32. The normalized spacial score (nSPS) is 14.6. The van der Waals surface area contributed by atoms with Gasteiger partial charge in [-0.1, -0.05) is 31.5 Å². The Morgan fingerprint density at radius 2 is 2.05 bits per heavy atom. The molecule has 2 aromatic rings. The first kappa shape index (κ1) is 15.5. The zero-order valence-electron chi connectivity index (χ0n) is 12.9. The molecule has 110 valence electrons. The van der Waals surface area contributed by atoms with Gasteiger partial charge in [-0.25, -0.2) is 0 Å². The minimum Gasteiger partial charge on any atom is -0.383 e. The number of ether oxygens (including phenoxy) is 1. The van der Waals surface area contributed by atoms with Gasteiger partial charge in [-0.15, -0.1) is 11.3 Å². The Bertz CT molecular complexity index is 543. The van der Waals surface area contributed by atoms with Crippen LogP contribution in [-0.2, 0) is 4.74 Å². The van der Waals surface area contributed by atoms with Crippen LogP contribution in [0.3, 0.4) is 0 Å². The highest BCUT2D eigenvalue weighted by Crippen LogP contribution is 2.34. The van der Waals surface area contributed by atoms with Crippen LogP contribution in [0.15, 0.2) is 24.3 Å². The summed E-state index contributed by atoms with van der Waals surface area (Å²) in [5.74, 6) is 0. The average molecular weight is 291 g/mol. The molecule has 1 N–H and O–H groups in total. The molecule has 1 aromatic heterocycles. The molecule has 0 saturated carbocycles. The van der Waals surface area contributed by atoms with Crippen molar-refractivity contribution >= 4 is 21.4 Å². The van der Waals surface area contributed by atoms with E-state index in [1.54, 1.807) is 7.11 Å². The van der Waals surface area contributed by atoms with Gasteiger partial charge < -0.3 is 10.1 Å². The zero-order chi connectivity index (χ0) is 14.5. The summed E-state index contributed by atoms with van der Waals surface area (Å²) >= 11 is 1.91. The first-order chi connectivity index (χ1) is 9.67. The monoisotopic (exact) mass is 291 g/mol. The van der Waals surface area contributed by atoms with E-state index in [9.17, 15) is 0 Å². The summed E-state index contributed by atoms with van der Waals surface area (Å²) in [6, 6.07) is 9.47. The lowest BCUT2D eigenvalue weighted by Gasteiger charge is -2.22. The topological polar surface area (TPSA) is 21.3 Å². The molecule has 2 atom stereocenters. The van der Waals surface area contributed by atoms with Gasteiger partial charge in [-0.05, 0) is 37.3 Å². The zero-order valence-corrected chi connectivity index (χ0v) is 13.7. The lowest BCUT2D eigenvalue weighted by atomic mass is 10.1. The van der Waals surface area contributed by atoms with Crippen LogP contribution in [0.2, 0.25) is 0 Å². The number of hydrogen-bond donors (Lipinski definition) is 1. The van der Waals surface area contributed by atoms with Crippen molar-refractivity contribution in [2.75, 3.05) is 13.7 Å². The van der Waals surface area contributed by atoms with Crippen LogP contribution in [0, 0.1) is 6.92 Å². The standard InChI is InChI=1S/C17H25NOS/c1-5-8-14(11-19-4)18-13(3)17-12(2)15-9-6-7-10-16(15)20-17/h6-7,9-10,13-14,18H,5,8,11H2,1-4H3. The molecule has 2 rings (SSSR count). The quantitative estimate of drug-likeness (QED) is 0.800. The molecule has 1 aromatic carbocycles. The van der Waals surface area contributed by atoms with Crippen LogP contribution in [0.4, 0.5) is 0 Å². The Morgan fingerprint density at radius 3 is 2.70 bits per heavy atom. The van der Waals surface area contributed by atoms with Crippen LogP contribution in [0.1, 0.15) is 43.2 Å². The fourth-order valence-corrected chi connectivity index (χ4v) is 4.02. The van der Waals surface area contributed by atoms with E-state index in [1.165, 1.54) is 26.9 Å². The molecule has 0 amide bonds. The van der Waals surface area contributed by atoms with Crippen LogP contribution >= 0.6 is 11.3 Å². The molecule has 0 aliphatic heterocycles. The molecular weight excluding hydrogens is 266 g/mol. The van der Waals surface area contributed by atoms with Crippen molar-refractivity contribution in [2.45, 2.75) is 45.7 Å². The number of aryl methyl sites for hydroxylation is 1. The second-order valence-electron chi connectivity index (χ2n) is 5.42. The van der Waals surface area contributed by atoms with Crippen molar-refractivity contribution in [3.05, 3.63) is 34.7 Å². The molecular formula is C17H25NOS. The first-order valence-electron chi connectivity index (χ1n) is 7.40. The van der Waals surface area contributed by atoms with Gasteiger partial charge in [0.15, 0.2) is 0 Å². The predicted molar refractivity (Wildman–Crippen MR) is 88.7 cm³/mol. The Balaban J connectivity index is 2.17. The number of rotatable bonds is 7. The Hall–Kier alpha value is -0.900. The van der Waals surface area contributed by atoms with Crippen molar-refractivity contribution in [3.63, 3.8) is 0 Å². The van der Waals surface area contributed by atoms with Crippen molar-refractivity contribution in [3.8, 4) is 0 Å². The molecule has 0 spiro atoms. The maximum absolute atomic E-state index is 5.32. The highest BCUT2D eigenvalue weighted by atomic mass is 32.1. The largest absolute Gasteiger partial charge is 0.383 e. The van der Waals surface area contributed by atoms with Gasteiger partial charge in [0.2, 0.25) is 0 Å². The molecule has 2 unspecified atom stereocenters. The van der Waals surface area contributed by atoms with Gasteiger partial charge in [-0.2, -0.15) is 0 Å². The molecule has 0 bridgehead atoms. The number of thiophene rings is 1. The van der Waals surface area contributed by atoms with Crippen LogP contribution in [0.5, 0.6) is 0 Å². The summed E-state index contributed by atoms with van der Waals surface area (Å²) in [6.07, 6.45) is 2.33. The van der Waals surface area contributed by atoms with Crippen molar-refractivity contribution in [1.29, 1.82) is 0 Å². The molecule has 1 heterocycles. The van der Waals surface area contributed by atoms with Crippen LogP contribution in [0.25, 0.3) is 10.1 Å². The van der Waals surface area contributed by atoms with E-state index in [2.05, 4.69) is 50.4 Å². The van der Waals surface area contributed by atoms with E-state index >= 15 is 0 Å². The summed E-state index contributed by atoms with van der Waals surface area (Å²) < 4.78 is 6.71. The number of methoxy groups -OCH3 is 1. The summed E-state index contributed by atoms with van der Waals surface area (Å²) in [5, 5.41) is 5.11. The minimum absolute atomic E-state index is 0.374. The third-order valence-corrected chi connectivity index (χ3v) is 5.22. The maximum Gasteiger partial charge on any atom is 0.0616 e. The van der Waals surface area contributed by atoms with E-state index < -0.39 is 0 Å². The van der Waals surface area contributed by atoms with Gasteiger partial charge in [-0.3, -0.25) is 0 Å². The molecule has 0 saturated heterocycles. The van der Waals surface area contributed by atoms with E-state index in [4.69, 9.17) is 4.74 Å². The van der Waals surface area contributed by atoms with E-state index in [0.717, 1.165) is 13.0 Å². The lowest BCUT2D eigenvalue weighted by Crippen LogP contribution is -2.35. The van der Waals surface area contributed by atoms with Gasteiger partial charge in [0, 0.05) is 28.8 Å². The van der Waals surface area contributed by atoms with Crippen LogP contribution in [-0.4, -0.2) is 19.8 Å². The number of nitrogens with one attached hydrogen (secondary N) is 1. The average Bonchev–Trinajstić information content (AvgIpc) is 2.77. The fraction of sp³-hybridized carbons (Fsp3) is 0.529. The third kappa shape index (κ3) is 3.40. The summed E-state index contributed by atoms with van der Waals surface area (Å²) in [6.45, 7) is 7.50. The second kappa shape index (κ2) is 7.21. The van der Waals surface area contributed by atoms with Crippen LogP contribution < -0.4 is 5.32 Å². The SMILES string of the molecule is CCCC(COC)NC(C)c1sc2ccccc2c1C. The Labute approximate surface area is 126 Å². The van der Waals surface area contributed by atoms with Crippen molar-refractivity contribution < 1.29 is 4.74 Å². The van der Waals surface area contributed by atoms with Crippen molar-refractivity contribution in [2.24, 2.45) is 0 Å². The number of benzene rings is 1. The lowest BCUT2D eigenvalue weighted by molar-refractivity contribution is 0.157. The minimum atomic E-state index is 0.374. The predicted octanol–water partition coefficient (Wildman–Crippen LogP) is 4.68. The molecule has 0 radical (unpaired) electrons. The molecule has 2 nitrogen and oxygen atoms in total. The van der Waals surface area contributed by atoms with Crippen molar-refractivity contribution in [1.82, 2.24) is 5.32 Å². The van der Waals surface area contributed by atoms with Gasteiger partial charge in [0.1, 0.15) is 0 Å². The Morgan fingerprint density at radius 1 is 1.30 bits per heavy atom. The molecule has 0 fully saturated rings. The third-order valence-electron chi connectivity index (χ3n) is 3.76. The van der Waals surface area contributed by atoms with Gasteiger partial charge in [0.05, 0.1) is 6.61 Å². The van der Waals surface area contributed by atoms with E-state index in [-0.39, 0.29) is 0 Å². The number of fused-ring (bicyclic) bond motifs is 1. The van der Waals surface area contributed by atoms with Gasteiger partial charge in [0.25, 0.3) is 0 Å². The molecule has 0 aliphatic carbocycles. The summed E-state index contributed by atoms with van der Waals surface area (Å²) in [4.78, 5) is 1.45. The highest BCUT2D eigenvalue weighted by molar-refractivity contribution is 7.19. The molecule has 20 heavy (non-hydrogen) atoms.